The normalized spacial score (nSPS) is 12.2. The predicted octanol–water partition coefficient (Wildman–Crippen LogP) is 3.41. The zero-order valence-electron chi connectivity index (χ0n) is 12.2. The number of aliphatic hydroxyl groups is 1. The number of carbonyl (C=O) groups excluding carboxylic acids is 1. The van der Waals surface area contributed by atoms with Crippen LogP contribution in [0, 0.1) is 0 Å². The monoisotopic (exact) mass is 311 g/mol. The van der Waals surface area contributed by atoms with Crippen LogP contribution in [0.4, 0.5) is 11.4 Å². The molecular formula is C14H18ClN3O3. The van der Waals surface area contributed by atoms with Gasteiger partial charge in [0, 0.05) is 19.8 Å². The molecule has 0 spiro atoms. The quantitative estimate of drug-likeness (QED) is 0.287. The highest BCUT2D eigenvalue weighted by Gasteiger charge is 2.16. The largest absolute Gasteiger partial charge is 0.508 e. The van der Waals surface area contributed by atoms with E-state index >= 15 is 0 Å². The van der Waals surface area contributed by atoms with Crippen LogP contribution in [-0.2, 0) is 9.53 Å². The lowest BCUT2D eigenvalue weighted by Gasteiger charge is -2.11. The Labute approximate surface area is 128 Å². The molecule has 0 aliphatic carbocycles. The third kappa shape index (κ3) is 5.07. The Morgan fingerprint density at radius 1 is 1.33 bits per heavy atom. The van der Waals surface area contributed by atoms with E-state index in [1.54, 1.807) is 19.1 Å². The lowest BCUT2D eigenvalue weighted by molar-refractivity contribution is -0.138. The number of hydrogen-bond donors (Lipinski definition) is 1. The number of ether oxygens (including phenoxy) is 1. The van der Waals surface area contributed by atoms with Gasteiger partial charge in [0.1, 0.15) is 5.76 Å². The predicted molar refractivity (Wildman–Crippen MR) is 82.3 cm³/mol. The number of anilines is 1. The third-order valence-electron chi connectivity index (χ3n) is 2.50. The summed E-state index contributed by atoms with van der Waals surface area (Å²) >= 11 is 5.51. The number of allylic oxidation sites excluding steroid dienone is 1. The molecule has 0 bridgehead atoms. The summed E-state index contributed by atoms with van der Waals surface area (Å²) in [6, 6.07) is 7.23. The molecule has 0 heterocycles. The van der Waals surface area contributed by atoms with Crippen molar-refractivity contribution in [1.29, 1.82) is 0 Å². The SMILES string of the molecule is CCOC(=O)/C(N=Nc1ccc(N(C)C)cc1)=C(/O)CCl. The van der Waals surface area contributed by atoms with Crippen LogP contribution < -0.4 is 4.90 Å². The second kappa shape index (κ2) is 8.26. The Hall–Kier alpha value is -2.08. The van der Waals surface area contributed by atoms with Gasteiger partial charge >= 0.3 is 5.97 Å². The Morgan fingerprint density at radius 2 is 1.95 bits per heavy atom. The van der Waals surface area contributed by atoms with E-state index in [1.807, 2.05) is 31.1 Å². The smallest absolute Gasteiger partial charge is 0.362 e. The van der Waals surface area contributed by atoms with Gasteiger partial charge in [-0.25, -0.2) is 4.79 Å². The number of alkyl halides is 1. The summed E-state index contributed by atoms with van der Waals surface area (Å²) in [5.74, 6) is -1.37. The van der Waals surface area contributed by atoms with Crippen LogP contribution in [0.25, 0.3) is 0 Å². The van der Waals surface area contributed by atoms with Gasteiger partial charge in [0.05, 0.1) is 18.2 Å². The van der Waals surface area contributed by atoms with Gasteiger partial charge in [-0.15, -0.1) is 16.7 Å². The number of halogens is 1. The van der Waals surface area contributed by atoms with Gasteiger partial charge in [0.25, 0.3) is 0 Å². The van der Waals surface area contributed by atoms with Gasteiger partial charge in [-0.2, -0.15) is 5.11 Å². The molecule has 0 saturated carbocycles. The fourth-order valence-corrected chi connectivity index (χ4v) is 1.53. The summed E-state index contributed by atoms with van der Waals surface area (Å²) in [5.41, 5.74) is 1.27. The zero-order valence-corrected chi connectivity index (χ0v) is 13.0. The van der Waals surface area contributed by atoms with Gasteiger partial charge < -0.3 is 14.7 Å². The molecule has 0 aliphatic rings. The van der Waals surface area contributed by atoms with Crippen LogP contribution in [0.15, 0.2) is 46.0 Å². The first-order valence-corrected chi connectivity index (χ1v) is 6.87. The molecule has 21 heavy (non-hydrogen) atoms. The van der Waals surface area contributed by atoms with Crippen molar-refractivity contribution in [1.82, 2.24) is 0 Å². The third-order valence-corrected chi connectivity index (χ3v) is 2.75. The van der Waals surface area contributed by atoms with Crippen LogP contribution in [0.5, 0.6) is 0 Å². The van der Waals surface area contributed by atoms with Crippen molar-refractivity contribution in [2.24, 2.45) is 10.2 Å². The van der Waals surface area contributed by atoms with Gasteiger partial charge in [-0.05, 0) is 31.2 Å². The van der Waals surface area contributed by atoms with Crippen LogP contribution in [0.2, 0.25) is 0 Å². The molecule has 1 N–H and O–H groups in total. The summed E-state index contributed by atoms with van der Waals surface area (Å²) in [6.45, 7) is 1.83. The van der Waals surface area contributed by atoms with E-state index in [0.717, 1.165) is 5.69 Å². The molecule has 6 nitrogen and oxygen atoms in total. The lowest BCUT2D eigenvalue weighted by Crippen LogP contribution is -2.09. The molecule has 0 amide bonds. The van der Waals surface area contributed by atoms with E-state index in [2.05, 4.69) is 10.2 Å². The van der Waals surface area contributed by atoms with Crippen molar-refractivity contribution in [3.63, 3.8) is 0 Å². The highest BCUT2D eigenvalue weighted by Crippen LogP contribution is 2.20. The summed E-state index contributed by atoms with van der Waals surface area (Å²) in [4.78, 5) is 13.6. The van der Waals surface area contributed by atoms with E-state index < -0.39 is 5.97 Å². The topological polar surface area (TPSA) is 74.5 Å². The Balaban J connectivity index is 2.95. The van der Waals surface area contributed by atoms with Crippen molar-refractivity contribution in [3.8, 4) is 0 Å². The number of esters is 1. The lowest BCUT2D eigenvalue weighted by atomic mass is 10.3. The van der Waals surface area contributed by atoms with Crippen molar-refractivity contribution >= 4 is 28.9 Å². The van der Waals surface area contributed by atoms with Crippen LogP contribution >= 0.6 is 11.6 Å². The number of nitrogens with zero attached hydrogens (tertiary/aromatic N) is 3. The minimum Gasteiger partial charge on any atom is -0.508 e. The maximum atomic E-state index is 11.6. The maximum absolute atomic E-state index is 11.6. The van der Waals surface area contributed by atoms with Crippen molar-refractivity contribution < 1.29 is 14.6 Å². The molecule has 1 rings (SSSR count). The van der Waals surface area contributed by atoms with Gasteiger partial charge in [-0.3, -0.25) is 0 Å². The molecule has 0 radical (unpaired) electrons. The fourth-order valence-electron chi connectivity index (χ4n) is 1.40. The molecule has 0 saturated heterocycles. The van der Waals surface area contributed by atoms with Gasteiger partial charge in [0.2, 0.25) is 5.70 Å². The van der Waals surface area contributed by atoms with Crippen molar-refractivity contribution in [3.05, 3.63) is 35.7 Å². The average Bonchev–Trinajstić information content (AvgIpc) is 2.47. The van der Waals surface area contributed by atoms with Crippen LogP contribution in [-0.4, -0.2) is 37.7 Å². The molecule has 1 aromatic rings. The number of aliphatic hydroxyl groups excluding tert-OH is 1. The Bertz CT molecular complexity index is 539. The Morgan fingerprint density at radius 3 is 2.43 bits per heavy atom. The molecule has 114 valence electrons. The average molecular weight is 312 g/mol. The van der Waals surface area contributed by atoms with Crippen molar-refractivity contribution in [2.45, 2.75) is 6.92 Å². The first-order valence-electron chi connectivity index (χ1n) is 6.34. The first-order chi connectivity index (χ1) is 9.99. The second-order valence-corrected chi connectivity index (χ2v) is 4.53. The van der Waals surface area contributed by atoms with E-state index in [-0.39, 0.29) is 23.9 Å². The summed E-state index contributed by atoms with van der Waals surface area (Å²) in [7, 11) is 3.85. The van der Waals surface area contributed by atoms with Crippen molar-refractivity contribution in [2.75, 3.05) is 31.5 Å². The standard InChI is InChI=1S/C14H18ClN3O3/c1-4-21-14(20)13(12(19)9-15)17-16-10-5-7-11(8-6-10)18(2)3/h5-8,19H,4,9H2,1-3H3/b13-12-,17-16?. The van der Waals surface area contributed by atoms with Crippen LogP contribution in [0.3, 0.4) is 0 Å². The highest BCUT2D eigenvalue weighted by molar-refractivity contribution is 6.19. The maximum Gasteiger partial charge on any atom is 0.362 e. The molecular weight excluding hydrogens is 294 g/mol. The number of hydrogen-bond acceptors (Lipinski definition) is 6. The summed E-state index contributed by atoms with van der Waals surface area (Å²) in [5, 5.41) is 17.2. The summed E-state index contributed by atoms with van der Waals surface area (Å²) in [6.07, 6.45) is 0. The Kier molecular flexibility index (Phi) is 6.68. The molecule has 0 atom stereocenters. The fraction of sp³-hybridized carbons (Fsp3) is 0.357. The minimum atomic E-state index is -0.760. The number of benzene rings is 1. The van der Waals surface area contributed by atoms with E-state index in [1.165, 1.54) is 0 Å². The molecule has 0 aliphatic heterocycles. The number of carbonyl (C=O) groups is 1. The zero-order chi connectivity index (χ0) is 15.8. The first kappa shape index (κ1) is 17.0. The van der Waals surface area contributed by atoms with E-state index in [0.29, 0.717) is 5.69 Å². The second-order valence-electron chi connectivity index (χ2n) is 4.26. The number of azo groups is 1. The molecule has 7 heteroatoms. The van der Waals surface area contributed by atoms with Crippen LogP contribution in [0.1, 0.15) is 6.92 Å². The molecule has 0 fully saturated rings. The van der Waals surface area contributed by atoms with Gasteiger partial charge in [-0.1, -0.05) is 0 Å². The van der Waals surface area contributed by atoms with Gasteiger partial charge in [0.15, 0.2) is 0 Å². The van der Waals surface area contributed by atoms with E-state index in [4.69, 9.17) is 16.3 Å². The summed E-state index contributed by atoms with van der Waals surface area (Å²) < 4.78 is 4.79. The molecule has 1 aromatic carbocycles. The minimum absolute atomic E-state index is 0.172. The molecule has 0 aromatic heterocycles. The number of rotatable bonds is 6. The molecule has 0 unspecified atom stereocenters. The highest BCUT2D eigenvalue weighted by atomic mass is 35.5. The van der Waals surface area contributed by atoms with E-state index in [9.17, 15) is 9.90 Å².